The van der Waals surface area contributed by atoms with Crippen LogP contribution in [0.1, 0.15) is 0 Å². The van der Waals surface area contributed by atoms with Crippen molar-refractivity contribution < 1.29 is 0 Å². The zero-order valence-corrected chi connectivity index (χ0v) is 13.6. The molecule has 0 aliphatic heterocycles. The first-order valence-electron chi connectivity index (χ1n) is 7.52. The van der Waals surface area contributed by atoms with Gasteiger partial charge in [-0.1, -0.05) is 72.0 Å². The van der Waals surface area contributed by atoms with Crippen LogP contribution in [-0.2, 0) is 0 Å². The smallest absolute Gasteiger partial charge is 0.182 e. The van der Waals surface area contributed by atoms with Crippen LogP contribution in [0.2, 0.25) is 0 Å². The minimum Gasteiger partial charge on any atom is -0.375 e. The molecule has 4 nitrogen and oxygen atoms in total. The summed E-state index contributed by atoms with van der Waals surface area (Å²) in [5.41, 5.74) is 8.52. The van der Waals surface area contributed by atoms with Crippen molar-refractivity contribution in [1.29, 1.82) is 0 Å². The van der Waals surface area contributed by atoms with Gasteiger partial charge in [0.15, 0.2) is 10.1 Å². The molecule has 0 unspecified atom stereocenters. The lowest BCUT2D eigenvalue weighted by Gasteiger charge is -2.04. The number of hydrogen-bond acceptors (Lipinski definition) is 5. The van der Waals surface area contributed by atoms with Crippen molar-refractivity contribution in [2.45, 2.75) is 0 Å². The van der Waals surface area contributed by atoms with E-state index in [0.717, 1.165) is 27.7 Å². The predicted octanol–water partition coefficient (Wildman–Crippen LogP) is 5.96. The number of rotatable bonds is 3. The highest BCUT2D eigenvalue weighted by molar-refractivity contribution is 7.19. The van der Waals surface area contributed by atoms with Crippen molar-refractivity contribution in [2.75, 3.05) is 5.73 Å². The van der Waals surface area contributed by atoms with E-state index in [1.165, 1.54) is 11.3 Å². The number of thiazole rings is 1. The molecule has 5 heteroatoms. The Bertz CT molecular complexity index is 1020. The zero-order valence-electron chi connectivity index (χ0n) is 12.8. The Kier molecular flexibility index (Phi) is 3.76. The minimum atomic E-state index is 0.486. The maximum Gasteiger partial charge on any atom is 0.182 e. The van der Waals surface area contributed by atoms with E-state index in [-0.39, 0.29) is 0 Å². The summed E-state index contributed by atoms with van der Waals surface area (Å²) in [6.07, 6.45) is 0. The standard InChI is InChI=1S/C19H14N4S/c20-19-21-17(16-12-6-8-13-7-4-5-11-15(13)16)18(24-19)23-22-14-9-2-1-3-10-14/h1-12H,(H2,20,21). The third kappa shape index (κ3) is 2.77. The molecule has 116 valence electrons. The van der Waals surface area contributed by atoms with Crippen LogP contribution in [0.25, 0.3) is 22.0 Å². The van der Waals surface area contributed by atoms with Gasteiger partial charge < -0.3 is 5.73 Å². The normalized spacial score (nSPS) is 11.3. The Morgan fingerprint density at radius 1 is 0.792 bits per heavy atom. The fraction of sp³-hybridized carbons (Fsp3) is 0. The summed E-state index contributed by atoms with van der Waals surface area (Å²) in [5.74, 6) is 0. The van der Waals surface area contributed by atoms with Crippen molar-refractivity contribution in [3.8, 4) is 11.3 Å². The second kappa shape index (κ2) is 6.22. The molecule has 0 atom stereocenters. The Balaban J connectivity index is 1.83. The highest BCUT2D eigenvalue weighted by Crippen LogP contribution is 2.40. The number of nitrogen functional groups attached to an aromatic ring is 1. The van der Waals surface area contributed by atoms with Crippen LogP contribution in [0.3, 0.4) is 0 Å². The molecule has 1 heterocycles. The van der Waals surface area contributed by atoms with Crippen LogP contribution < -0.4 is 5.73 Å². The lowest BCUT2D eigenvalue weighted by Crippen LogP contribution is -1.84. The second-order valence-corrected chi connectivity index (χ2v) is 6.28. The summed E-state index contributed by atoms with van der Waals surface area (Å²) in [6.45, 7) is 0. The van der Waals surface area contributed by atoms with Gasteiger partial charge in [-0.05, 0) is 22.9 Å². The van der Waals surface area contributed by atoms with Gasteiger partial charge in [-0.25, -0.2) is 4.98 Å². The molecule has 4 aromatic rings. The Morgan fingerprint density at radius 2 is 1.54 bits per heavy atom. The number of aromatic nitrogens is 1. The highest BCUT2D eigenvalue weighted by atomic mass is 32.1. The molecule has 0 fully saturated rings. The molecule has 2 N–H and O–H groups in total. The van der Waals surface area contributed by atoms with Crippen molar-refractivity contribution in [3.63, 3.8) is 0 Å². The van der Waals surface area contributed by atoms with E-state index >= 15 is 0 Å². The predicted molar refractivity (Wildman–Crippen MR) is 100 cm³/mol. The third-order valence-corrected chi connectivity index (χ3v) is 4.45. The van der Waals surface area contributed by atoms with Crippen molar-refractivity contribution >= 4 is 37.9 Å². The Morgan fingerprint density at radius 3 is 2.42 bits per heavy atom. The van der Waals surface area contributed by atoms with E-state index in [0.29, 0.717) is 10.1 Å². The molecule has 0 radical (unpaired) electrons. The number of azo groups is 1. The van der Waals surface area contributed by atoms with Gasteiger partial charge in [0.1, 0.15) is 5.69 Å². The molecule has 3 aromatic carbocycles. The van der Waals surface area contributed by atoms with Crippen LogP contribution in [0, 0.1) is 0 Å². The van der Waals surface area contributed by atoms with Gasteiger partial charge in [0.05, 0.1) is 5.69 Å². The Hall–Kier alpha value is -3.05. The quantitative estimate of drug-likeness (QED) is 0.471. The Labute approximate surface area is 143 Å². The average molecular weight is 330 g/mol. The van der Waals surface area contributed by atoms with Gasteiger partial charge in [-0.2, -0.15) is 0 Å². The third-order valence-electron chi connectivity index (χ3n) is 3.68. The first-order valence-corrected chi connectivity index (χ1v) is 8.34. The minimum absolute atomic E-state index is 0.486. The largest absolute Gasteiger partial charge is 0.375 e. The summed E-state index contributed by atoms with van der Waals surface area (Å²) in [7, 11) is 0. The topological polar surface area (TPSA) is 63.6 Å². The molecule has 1 aromatic heterocycles. The highest BCUT2D eigenvalue weighted by Gasteiger charge is 2.14. The van der Waals surface area contributed by atoms with Crippen LogP contribution in [0.4, 0.5) is 15.8 Å². The first-order chi connectivity index (χ1) is 11.8. The van der Waals surface area contributed by atoms with Crippen LogP contribution in [-0.4, -0.2) is 4.98 Å². The molecule has 0 aliphatic rings. The zero-order chi connectivity index (χ0) is 16.4. The van der Waals surface area contributed by atoms with E-state index in [2.05, 4.69) is 33.4 Å². The molecule has 0 saturated heterocycles. The summed E-state index contributed by atoms with van der Waals surface area (Å²) in [5, 5.41) is 12.2. The number of benzene rings is 3. The number of nitrogens with zero attached hydrogens (tertiary/aromatic N) is 3. The maximum atomic E-state index is 5.94. The van der Waals surface area contributed by atoms with Crippen molar-refractivity contribution in [1.82, 2.24) is 4.98 Å². The van der Waals surface area contributed by atoms with Crippen LogP contribution in [0.15, 0.2) is 83.0 Å². The molecule has 0 aliphatic carbocycles. The van der Waals surface area contributed by atoms with E-state index in [1.807, 2.05) is 54.6 Å². The van der Waals surface area contributed by atoms with Gasteiger partial charge in [-0.3, -0.25) is 0 Å². The number of anilines is 1. The maximum absolute atomic E-state index is 5.94. The summed E-state index contributed by atoms with van der Waals surface area (Å²) >= 11 is 1.34. The molecular formula is C19H14N4S. The van der Waals surface area contributed by atoms with Gasteiger partial charge in [-0.15, -0.1) is 10.2 Å². The summed E-state index contributed by atoms with van der Waals surface area (Å²) in [4.78, 5) is 4.49. The SMILES string of the molecule is Nc1nc(-c2cccc3ccccc23)c(N=Nc2ccccc2)s1. The second-order valence-electron chi connectivity index (χ2n) is 5.27. The van der Waals surface area contributed by atoms with Crippen molar-refractivity contribution in [2.24, 2.45) is 10.2 Å². The van der Waals surface area contributed by atoms with Gasteiger partial charge >= 0.3 is 0 Å². The molecule has 0 amide bonds. The van der Waals surface area contributed by atoms with Gasteiger partial charge in [0.2, 0.25) is 0 Å². The number of fused-ring (bicyclic) bond motifs is 1. The summed E-state index contributed by atoms with van der Waals surface area (Å²) in [6, 6.07) is 24.0. The van der Waals surface area contributed by atoms with Crippen LogP contribution >= 0.6 is 11.3 Å². The van der Waals surface area contributed by atoms with Gasteiger partial charge in [0, 0.05) is 5.56 Å². The molecule has 24 heavy (non-hydrogen) atoms. The lowest BCUT2D eigenvalue weighted by atomic mass is 10.0. The van der Waals surface area contributed by atoms with E-state index in [9.17, 15) is 0 Å². The number of nitrogens with two attached hydrogens (primary N) is 1. The fourth-order valence-electron chi connectivity index (χ4n) is 2.60. The van der Waals surface area contributed by atoms with E-state index in [1.54, 1.807) is 0 Å². The molecular weight excluding hydrogens is 316 g/mol. The monoisotopic (exact) mass is 330 g/mol. The van der Waals surface area contributed by atoms with Gasteiger partial charge in [0.25, 0.3) is 0 Å². The lowest BCUT2D eigenvalue weighted by molar-refractivity contribution is 1.24. The van der Waals surface area contributed by atoms with Crippen molar-refractivity contribution in [3.05, 3.63) is 72.8 Å². The van der Waals surface area contributed by atoms with Crippen LogP contribution in [0.5, 0.6) is 0 Å². The molecule has 0 saturated carbocycles. The molecule has 0 spiro atoms. The molecule has 4 rings (SSSR count). The van der Waals surface area contributed by atoms with E-state index < -0.39 is 0 Å². The average Bonchev–Trinajstić information content (AvgIpc) is 3.01. The summed E-state index contributed by atoms with van der Waals surface area (Å²) < 4.78 is 0. The molecule has 0 bridgehead atoms. The first kappa shape index (κ1) is 14.5. The van der Waals surface area contributed by atoms with E-state index in [4.69, 9.17) is 5.73 Å². The number of hydrogen-bond donors (Lipinski definition) is 1. The fourth-order valence-corrected chi connectivity index (χ4v) is 3.27.